The van der Waals surface area contributed by atoms with Crippen LogP contribution in [-0.4, -0.2) is 47.3 Å². The summed E-state index contributed by atoms with van der Waals surface area (Å²) in [5.41, 5.74) is 0. The Bertz CT molecular complexity index is 618. The predicted molar refractivity (Wildman–Crippen MR) is 206 cm³/mol. The van der Waals surface area contributed by atoms with E-state index in [2.05, 4.69) is 24.5 Å². The summed E-state index contributed by atoms with van der Waals surface area (Å²) in [5, 5.41) is 26.2. The van der Waals surface area contributed by atoms with Gasteiger partial charge in [-0.15, -0.1) is 0 Å². The maximum Gasteiger partial charge on any atom is 0.219 e. The van der Waals surface area contributed by atoms with E-state index in [-0.39, 0.29) is 24.0 Å². The van der Waals surface area contributed by atoms with Gasteiger partial charge >= 0.3 is 0 Å². The maximum absolute atomic E-state index is 12.1. The van der Waals surface area contributed by atoms with Crippen molar-refractivity contribution < 1.29 is 19.8 Å². The van der Waals surface area contributed by atoms with Gasteiger partial charge in [0.1, 0.15) is 0 Å². The number of nitrogens with one attached hydrogen (secondary N) is 2. The van der Waals surface area contributed by atoms with E-state index in [1.807, 2.05) is 0 Å². The van der Waals surface area contributed by atoms with Crippen molar-refractivity contribution in [2.45, 2.75) is 244 Å². The van der Waals surface area contributed by atoms with E-state index in [1.54, 1.807) is 0 Å². The smallest absolute Gasteiger partial charge is 0.219 e. The van der Waals surface area contributed by atoms with Crippen molar-refractivity contribution in [2.24, 2.45) is 0 Å². The van der Waals surface area contributed by atoms with E-state index in [0.29, 0.717) is 12.8 Å². The van der Waals surface area contributed by atoms with Gasteiger partial charge in [-0.05, 0) is 51.4 Å². The molecule has 0 fully saturated rings. The van der Waals surface area contributed by atoms with Gasteiger partial charge in [-0.2, -0.15) is 0 Å². The minimum atomic E-state index is -0.0917. The summed E-state index contributed by atoms with van der Waals surface area (Å²) in [6.45, 7) is 5.98. The number of aliphatic hydroxyl groups is 2. The van der Waals surface area contributed by atoms with Crippen LogP contribution in [0.25, 0.3) is 0 Å². The highest BCUT2D eigenvalue weighted by molar-refractivity contribution is 5.76. The zero-order valence-electron chi connectivity index (χ0n) is 32.3. The molecule has 0 aromatic rings. The third kappa shape index (κ3) is 37.7. The van der Waals surface area contributed by atoms with E-state index in [0.717, 1.165) is 103 Å². The number of unbranched alkanes of at least 4 members (excludes halogenated alkanes) is 23. The summed E-state index contributed by atoms with van der Waals surface area (Å²) in [5.74, 6) is 0.380. The van der Waals surface area contributed by atoms with Crippen LogP contribution in [0.4, 0.5) is 0 Å². The maximum atomic E-state index is 12.1. The van der Waals surface area contributed by atoms with Crippen molar-refractivity contribution in [3.63, 3.8) is 0 Å². The normalized spacial score (nSPS) is 12.7. The summed E-state index contributed by atoms with van der Waals surface area (Å²) in [6.07, 6.45) is 38.2. The van der Waals surface area contributed by atoms with Crippen LogP contribution >= 0.6 is 0 Å². The standard InChI is InChI=1S/C42H84N2O4/c1-3-5-7-23-31-39(45)33-25-17-13-9-11-15-19-27-35-41(47)43-37-29-21-22-30-38-44-42(48)36-28-20-16-12-10-14-18-26-34-40(46)32-24-8-6-4-2/h39-40,45-46H,3-38H2,1-2H3,(H,43,47)(H,44,48). The highest BCUT2D eigenvalue weighted by Crippen LogP contribution is 2.16. The Morgan fingerprint density at radius 2 is 0.625 bits per heavy atom. The van der Waals surface area contributed by atoms with Gasteiger partial charge in [0.05, 0.1) is 12.2 Å². The summed E-state index contributed by atoms with van der Waals surface area (Å²) in [4.78, 5) is 24.2. The molecule has 0 spiro atoms. The molecule has 0 aliphatic rings. The fraction of sp³-hybridized carbons (Fsp3) is 0.952. The van der Waals surface area contributed by atoms with E-state index in [1.165, 1.54) is 116 Å². The Kier molecular flexibility index (Phi) is 37.7. The lowest BCUT2D eigenvalue weighted by Crippen LogP contribution is -2.24. The van der Waals surface area contributed by atoms with Gasteiger partial charge in [0.15, 0.2) is 0 Å². The molecule has 0 aliphatic carbocycles. The van der Waals surface area contributed by atoms with Crippen LogP contribution in [0.15, 0.2) is 0 Å². The molecule has 0 heterocycles. The van der Waals surface area contributed by atoms with Crippen LogP contribution in [0.3, 0.4) is 0 Å². The number of rotatable bonds is 39. The summed E-state index contributed by atoms with van der Waals surface area (Å²) in [6, 6.07) is 0. The Hall–Kier alpha value is -1.14. The zero-order valence-corrected chi connectivity index (χ0v) is 32.3. The molecule has 6 heteroatoms. The van der Waals surface area contributed by atoms with Crippen molar-refractivity contribution in [3.8, 4) is 0 Å². The van der Waals surface area contributed by atoms with Crippen molar-refractivity contribution >= 4 is 11.8 Å². The molecule has 0 saturated heterocycles. The van der Waals surface area contributed by atoms with Gasteiger partial charge in [0.25, 0.3) is 0 Å². The number of hydrogen-bond acceptors (Lipinski definition) is 4. The zero-order chi connectivity index (χ0) is 35.2. The Balaban J connectivity index is 3.32. The van der Waals surface area contributed by atoms with Crippen LogP contribution in [0.2, 0.25) is 0 Å². The monoisotopic (exact) mass is 681 g/mol. The first kappa shape index (κ1) is 46.9. The topological polar surface area (TPSA) is 98.7 Å². The quantitative estimate of drug-likeness (QED) is 0.0486. The summed E-state index contributed by atoms with van der Waals surface area (Å²) in [7, 11) is 0. The minimum Gasteiger partial charge on any atom is -0.393 e. The summed E-state index contributed by atoms with van der Waals surface area (Å²) >= 11 is 0. The molecule has 0 aromatic heterocycles. The predicted octanol–water partition coefficient (Wildman–Crippen LogP) is 11.2. The summed E-state index contributed by atoms with van der Waals surface area (Å²) < 4.78 is 0. The molecule has 0 bridgehead atoms. The second-order valence-electron chi connectivity index (χ2n) is 14.9. The third-order valence-corrected chi connectivity index (χ3v) is 9.91. The highest BCUT2D eigenvalue weighted by Gasteiger charge is 2.06. The van der Waals surface area contributed by atoms with Crippen LogP contribution in [0.5, 0.6) is 0 Å². The fourth-order valence-corrected chi connectivity index (χ4v) is 6.59. The molecule has 0 aliphatic heterocycles. The van der Waals surface area contributed by atoms with Crippen molar-refractivity contribution in [1.82, 2.24) is 10.6 Å². The number of hydrogen-bond donors (Lipinski definition) is 4. The van der Waals surface area contributed by atoms with Gasteiger partial charge in [0.2, 0.25) is 11.8 Å². The Morgan fingerprint density at radius 1 is 0.375 bits per heavy atom. The molecule has 2 unspecified atom stereocenters. The molecule has 2 atom stereocenters. The number of aliphatic hydroxyl groups excluding tert-OH is 2. The van der Waals surface area contributed by atoms with Crippen LogP contribution in [-0.2, 0) is 9.59 Å². The fourth-order valence-electron chi connectivity index (χ4n) is 6.59. The molecular weight excluding hydrogens is 596 g/mol. The Labute approximate surface area is 299 Å². The molecule has 48 heavy (non-hydrogen) atoms. The van der Waals surface area contributed by atoms with Crippen molar-refractivity contribution in [3.05, 3.63) is 0 Å². The SMILES string of the molecule is CCCCCCC(O)CCCCCCCCCCC(=O)NCCCCCCNC(=O)CCCCCCCCCCC(O)CCCCCC. The van der Waals surface area contributed by atoms with Crippen LogP contribution in [0, 0.1) is 0 Å². The van der Waals surface area contributed by atoms with Crippen molar-refractivity contribution in [2.75, 3.05) is 13.1 Å². The first-order valence-electron chi connectivity index (χ1n) is 21.4. The lowest BCUT2D eigenvalue weighted by atomic mass is 10.0. The second kappa shape index (κ2) is 38.7. The molecule has 6 nitrogen and oxygen atoms in total. The van der Waals surface area contributed by atoms with Crippen molar-refractivity contribution in [1.29, 1.82) is 0 Å². The molecule has 2 amide bonds. The number of amides is 2. The third-order valence-electron chi connectivity index (χ3n) is 9.91. The molecule has 4 N–H and O–H groups in total. The van der Waals surface area contributed by atoms with E-state index >= 15 is 0 Å². The number of carbonyl (C=O) groups is 2. The van der Waals surface area contributed by atoms with Crippen LogP contribution in [0.1, 0.15) is 232 Å². The lowest BCUT2D eigenvalue weighted by molar-refractivity contribution is -0.122. The molecule has 0 aromatic carbocycles. The average Bonchev–Trinajstić information content (AvgIpc) is 3.07. The Morgan fingerprint density at radius 3 is 0.938 bits per heavy atom. The average molecular weight is 681 g/mol. The molecule has 0 radical (unpaired) electrons. The molecular formula is C42H84N2O4. The number of carbonyl (C=O) groups excluding carboxylic acids is 2. The van der Waals surface area contributed by atoms with Gasteiger partial charge in [0, 0.05) is 25.9 Å². The van der Waals surface area contributed by atoms with Gasteiger partial charge < -0.3 is 20.8 Å². The van der Waals surface area contributed by atoms with E-state index < -0.39 is 0 Å². The van der Waals surface area contributed by atoms with E-state index in [9.17, 15) is 19.8 Å². The molecule has 0 rings (SSSR count). The largest absolute Gasteiger partial charge is 0.393 e. The van der Waals surface area contributed by atoms with E-state index in [4.69, 9.17) is 0 Å². The second-order valence-corrected chi connectivity index (χ2v) is 14.9. The van der Waals surface area contributed by atoms with Gasteiger partial charge in [-0.3, -0.25) is 9.59 Å². The minimum absolute atomic E-state index is 0.0917. The molecule has 286 valence electrons. The first-order valence-corrected chi connectivity index (χ1v) is 21.4. The van der Waals surface area contributed by atoms with Crippen LogP contribution < -0.4 is 10.6 Å². The lowest BCUT2D eigenvalue weighted by Gasteiger charge is -2.10. The van der Waals surface area contributed by atoms with Gasteiger partial charge in [-0.1, -0.05) is 168 Å². The first-order chi connectivity index (χ1) is 23.5. The van der Waals surface area contributed by atoms with Gasteiger partial charge in [-0.25, -0.2) is 0 Å². The highest BCUT2D eigenvalue weighted by atomic mass is 16.3. The molecule has 0 saturated carbocycles.